The Morgan fingerprint density at radius 2 is 2.25 bits per heavy atom. The number of benzene rings is 1. The quantitative estimate of drug-likeness (QED) is 0.321. The van der Waals surface area contributed by atoms with E-state index in [9.17, 15) is 10.1 Å². The number of hydrogen-bond donors (Lipinski definition) is 0. The second-order valence-electron chi connectivity index (χ2n) is 3.62. The number of non-ortho nitro benzene ring substituents is 1. The van der Waals surface area contributed by atoms with Crippen molar-refractivity contribution in [1.29, 1.82) is 0 Å². The number of nitro groups is 1. The van der Waals surface area contributed by atoms with Crippen LogP contribution in [-0.4, -0.2) is 9.75 Å². The van der Waals surface area contributed by atoms with E-state index in [1.54, 1.807) is 12.1 Å². The molecule has 0 aliphatic heterocycles. The van der Waals surface area contributed by atoms with Gasteiger partial charge in [0.25, 0.3) is 5.69 Å². The Labute approximate surface area is 117 Å². The van der Waals surface area contributed by atoms with Gasteiger partial charge in [0, 0.05) is 20.5 Å². The van der Waals surface area contributed by atoms with Crippen molar-refractivity contribution in [2.24, 2.45) is 0 Å². The van der Waals surface area contributed by atoms with Crippen LogP contribution in [0.3, 0.4) is 0 Å². The molecule has 1 rings (SSSR count). The van der Waals surface area contributed by atoms with Crippen LogP contribution >= 0.6 is 38.5 Å². The van der Waals surface area contributed by atoms with E-state index >= 15 is 0 Å². The maximum Gasteiger partial charge on any atom is 0.270 e. The molecular weight excluding hydrogens is 385 g/mol. The van der Waals surface area contributed by atoms with Crippen LogP contribution < -0.4 is 0 Å². The minimum atomic E-state index is -0.358. The Kier molecular flexibility index (Phi) is 5.68. The van der Waals surface area contributed by atoms with Gasteiger partial charge in [-0.1, -0.05) is 35.3 Å². The molecule has 0 heterocycles. The third-order valence-electron chi connectivity index (χ3n) is 2.29. The predicted octanol–water partition coefficient (Wildman–Crippen LogP) is 4.31. The second kappa shape index (κ2) is 6.54. The average molecular weight is 398 g/mol. The van der Waals surface area contributed by atoms with Crippen LogP contribution in [0.5, 0.6) is 0 Å². The minimum Gasteiger partial charge on any atom is -0.258 e. The zero-order chi connectivity index (χ0) is 12.1. The van der Waals surface area contributed by atoms with E-state index in [4.69, 9.17) is 0 Å². The topological polar surface area (TPSA) is 43.1 Å². The van der Waals surface area contributed by atoms with Gasteiger partial charge in [-0.2, -0.15) is 0 Å². The fourth-order valence-corrected chi connectivity index (χ4v) is 2.99. The third-order valence-corrected chi connectivity index (χ3v) is 4.08. The molecule has 0 radical (unpaired) electrons. The van der Waals surface area contributed by atoms with Gasteiger partial charge in [0.1, 0.15) is 0 Å². The average Bonchev–Trinajstić information content (AvgIpc) is 2.21. The minimum absolute atomic E-state index is 0.162. The molecule has 0 aliphatic rings. The highest BCUT2D eigenvalue weighted by Gasteiger charge is 2.11. The molecule has 16 heavy (non-hydrogen) atoms. The number of rotatable bonds is 5. The monoisotopic (exact) mass is 397 g/mol. The van der Waals surface area contributed by atoms with Crippen molar-refractivity contribution < 1.29 is 4.92 Å². The Balaban J connectivity index is 2.79. The van der Waals surface area contributed by atoms with Crippen LogP contribution in [0.15, 0.2) is 18.2 Å². The standard InChI is InChI=1S/C11H13BrINO2/c1-2-3-9(12)6-8-4-5-10(14(15)16)7-11(8)13/h4-5,7,9H,2-3,6H2,1H3. The lowest BCUT2D eigenvalue weighted by atomic mass is 10.1. The van der Waals surface area contributed by atoms with Crippen LogP contribution in [0, 0.1) is 13.7 Å². The molecule has 88 valence electrons. The largest absolute Gasteiger partial charge is 0.270 e. The second-order valence-corrected chi connectivity index (χ2v) is 6.08. The molecule has 0 bridgehead atoms. The van der Waals surface area contributed by atoms with Gasteiger partial charge in [-0.15, -0.1) is 0 Å². The fraction of sp³-hybridized carbons (Fsp3) is 0.455. The molecule has 5 heteroatoms. The molecule has 1 aromatic rings. The third kappa shape index (κ3) is 4.01. The van der Waals surface area contributed by atoms with Crippen LogP contribution in [-0.2, 0) is 6.42 Å². The summed E-state index contributed by atoms with van der Waals surface area (Å²) < 4.78 is 0.965. The van der Waals surface area contributed by atoms with Crippen molar-refractivity contribution in [3.63, 3.8) is 0 Å². The summed E-state index contributed by atoms with van der Waals surface area (Å²) in [6.07, 6.45) is 3.18. The molecule has 1 aromatic carbocycles. The highest BCUT2D eigenvalue weighted by Crippen LogP contribution is 2.23. The number of nitro benzene ring substituents is 1. The molecule has 0 spiro atoms. The summed E-state index contributed by atoms with van der Waals surface area (Å²) in [5, 5.41) is 10.6. The van der Waals surface area contributed by atoms with Gasteiger partial charge in [0.05, 0.1) is 4.92 Å². The molecule has 1 atom stereocenters. The zero-order valence-electron chi connectivity index (χ0n) is 8.95. The van der Waals surface area contributed by atoms with E-state index in [0.717, 1.165) is 22.8 Å². The van der Waals surface area contributed by atoms with E-state index in [-0.39, 0.29) is 10.6 Å². The number of halogens is 2. The molecule has 0 saturated heterocycles. The first-order valence-electron chi connectivity index (χ1n) is 5.11. The Hall–Kier alpha value is -0.170. The van der Waals surface area contributed by atoms with Gasteiger partial charge >= 0.3 is 0 Å². The SMILES string of the molecule is CCCC(Br)Cc1ccc([N+](=O)[O-])cc1I. The molecule has 1 unspecified atom stereocenters. The van der Waals surface area contributed by atoms with E-state index in [0.29, 0.717) is 4.83 Å². The summed E-state index contributed by atoms with van der Waals surface area (Å²) in [4.78, 5) is 10.7. The van der Waals surface area contributed by atoms with Gasteiger partial charge in [0.15, 0.2) is 0 Å². The lowest BCUT2D eigenvalue weighted by Crippen LogP contribution is -2.04. The molecule has 3 nitrogen and oxygen atoms in total. The van der Waals surface area contributed by atoms with Crippen molar-refractivity contribution in [2.45, 2.75) is 31.0 Å². The zero-order valence-corrected chi connectivity index (χ0v) is 12.7. The Morgan fingerprint density at radius 3 is 2.75 bits per heavy atom. The first-order valence-corrected chi connectivity index (χ1v) is 7.11. The Bertz CT molecular complexity index is 384. The van der Waals surface area contributed by atoms with E-state index < -0.39 is 0 Å². The summed E-state index contributed by atoms with van der Waals surface area (Å²) in [6, 6.07) is 5.05. The number of nitrogens with zero attached hydrogens (tertiary/aromatic N) is 1. The molecule has 0 fully saturated rings. The summed E-state index contributed by atoms with van der Waals surface area (Å²) in [5.74, 6) is 0. The van der Waals surface area contributed by atoms with Crippen LogP contribution in [0.1, 0.15) is 25.3 Å². The van der Waals surface area contributed by atoms with Gasteiger partial charge in [-0.25, -0.2) is 0 Å². The van der Waals surface area contributed by atoms with Crippen molar-refractivity contribution in [3.05, 3.63) is 37.4 Å². The maximum absolute atomic E-state index is 10.6. The molecule has 0 aromatic heterocycles. The summed E-state index contributed by atoms with van der Waals surface area (Å²) >= 11 is 5.77. The van der Waals surface area contributed by atoms with Crippen LogP contribution in [0.4, 0.5) is 5.69 Å². The van der Waals surface area contributed by atoms with E-state index in [2.05, 4.69) is 45.4 Å². The first kappa shape index (κ1) is 13.9. The lowest BCUT2D eigenvalue weighted by molar-refractivity contribution is -0.385. The van der Waals surface area contributed by atoms with Gasteiger partial charge in [-0.3, -0.25) is 10.1 Å². The predicted molar refractivity (Wildman–Crippen MR) is 77.1 cm³/mol. The molecule has 0 aliphatic carbocycles. The van der Waals surface area contributed by atoms with Crippen molar-refractivity contribution in [3.8, 4) is 0 Å². The summed E-state index contributed by atoms with van der Waals surface area (Å²) in [6.45, 7) is 2.15. The summed E-state index contributed by atoms with van der Waals surface area (Å²) in [5.41, 5.74) is 1.33. The molecular formula is C11H13BrINO2. The smallest absolute Gasteiger partial charge is 0.258 e. The van der Waals surface area contributed by atoms with Crippen molar-refractivity contribution in [2.75, 3.05) is 0 Å². The first-order chi connectivity index (χ1) is 7.54. The Morgan fingerprint density at radius 1 is 1.56 bits per heavy atom. The fourth-order valence-electron chi connectivity index (χ4n) is 1.47. The van der Waals surface area contributed by atoms with Gasteiger partial charge in [0.2, 0.25) is 0 Å². The van der Waals surface area contributed by atoms with Crippen molar-refractivity contribution in [1.82, 2.24) is 0 Å². The molecule has 0 amide bonds. The highest BCUT2D eigenvalue weighted by atomic mass is 127. The summed E-state index contributed by atoms with van der Waals surface area (Å²) in [7, 11) is 0. The van der Waals surface area contributed by atoms with E-state index in [1.807, 2.05) is 6.07 Å². The van der Waals surface area contributed by atoms with Crippen LogP contribution in [0.2, 0.25) is 0 Å². The number of hydrogen-bond acceptors (Lipinski definition) is 2. The van der Waals surface area contributed by atoms with E-state index in [1.165, 1.54) is 5.56 Å². The number of alkyl halides is 1. The van der Waals surface area contributed by atoms with Crippen molar-refractivity contribution >= 4 is 44.2 Å². The molecule has 0 N–H and O–H groups in total. The van der Waals surface area contributed by atoms with Crippen LogP contribution in [0.25, 0.3) is 0 Å². The molecule has 0 saturated carbocycles. The van der Waals surface area contributed by atoms with Gasteiger partial charge in [-0.05, 0) is 41.0 Å². The maximum atomic E-state index is 10.6. The highest BCUT2D eigenvalue weighted by molar-refractivity contribution is 14.1. The lowest BCUT2D eigenvalue weighted by Gasteiger charge is -2.09. The normalized spacial score (nSPS) is 12.4. The van der Waals surface area contributed by atoms with Gasteiger partial charge < -0.3 is 0 Å².